The molecule has 1 aliphatic rings. The summed E-state index contributed by atoms with van der Waals surface area (Å²) in [5.74, 6) is 0.581. The Bertz CT molecular complexity index is 882. The van der Waals surface area contributed by atoms with E-state index in [9.17, 15) is 4.79 Å². The molecule has 6 nitrogen and oxygen atoms in total. The van der Waals surface area contributed by atoms with E-state index in [2.05, 4.69) is 20.5 Å². The smallest absolute Gasteiger partial charge is 0.272 e. The zero-order valence-electron chi connectivity index (χ0n) is 13.2. The van der Waals surface area contributed by atoms with E-state index in [-0.39, 0.29) is 5.91 Å². The van der Waals surface area contributed by atoms with Gasteiger partial charge in [-0.1, -0.05) is 18.2 Å². The molecule has 1 aromatic carbocycles. The van der Waals surface area contributed by atoms with Crippen LogP contribution in [0.1, 0.15) is 28.2 Å². The Morgan fingerprint density at radius 2 is 2.17 bits per heavy atom. The fraction of sp³-hybridized carbons (Fsp3) is 0.278. The average molecular weight is 322 g/mol. The van der Waals surface area contributed by atoms with Gasteiger partial charge in [0.05, 0.1) is 6.54 Å². The van der Waals surface area contributed by atoms with Gasteiger partial charge in [-0.05, 0) is 31.4 Å². The van der Waals surface area contributed by atoms with E-state index in [0.29, 0.717) is 18.8 Å². The first kappa shape index (κ1) is 14.7. The van der Waals surface area contributed by atoms with Gasteiger partial charge >= 0.3 is 0 Å². The number of hydrogen-bond acceptors (Lipinski definition) is 4. The number of carbonyl (C=O) groups is 1. The molecule has 2 aromatic heterocycles. The number of nitrogens with one attached hydrogen (secondary N) is 2. The molecule has 122 valence electrons. The monoisotopic (exact) mass is 322 g/mol. The summed E-state index contributed by atoms with van der Waals surface area (Å²) >= 11 is 0. The fourth-order valence-corrected chi connectivity index (χ4v) is 3.11. The SMILES string of the molecule is O=C(NCCOc1cccc2cccnc12)c1n[nH]c2c1CCC2. The number of aromatic amines is 1. The summed E-state index contributed by atoms with van der Waals surface area (Å²) in [4.78, 5) is 16.6. The van der Waals surface area contributed by atoms with Gasteiger partial charge in [0.15, 0.2) is 5.69 Å². The van der Waals surface area contributed by atoms with Crippen LogP contribution in [0.4, 0.5) is 0 Å². The number of aromatic nitrogens is 3. The molecular weight excluding hydrogens is 304 g/mol. The molecular formula is C18H18N4O2. The lowest BCUT2D eigenvalue weighted by molar-refractivity contribution is 0.0941. The van der Waals surface area contributed by atoms with E-state index in [0.717, 1.165) is 47.2 Å². The zero-order valence-corrected chi connectivity index (χ0v) is 13.2. The van der Waals surface area contributed by atoms with Crippen molar-refractivity contribution in [2.24, 2.45) is 0 Å². The summed E-state index contributed by atoms with van der Waals surface area (Å²) in [6.45, 7) is 0.803. The molecule has 0 aliphatic heterocycles. The molecule has 0 unspecified atom stereocenters. The van der Waals surface area contributed by atoms with Crippen LogP contribution in [0.25, 0.3) is 10.9 Å². The third kappa shape index (κ3) is 2.71. The van der Waals surface area contributed by atoms with Gasteiger partial charge in [-0.25, -0.2) is 0 Å². The third-order valence-electron chi connectivity index (χ3n) is 4.26. The van der Waals surface area contributed by atoms with Crippen LogP contribution in [0, 0.1) is 0 Å². The molecule has 1 amide bonds. The van der Waals surface area contributed by atoms with Gasteiger partial charge in [-0.3, -0.25) is 14.9 Å². The number of ether oxygens (including phenoxy) is 1. The normalized spacial score (nSPS) is 13.0. The molecule has 2 heterocycles. The van der Waals surface area contributed by atoms with Crippen molar-refractivity contribution in [3.8, 4) is 5.75 Å². The van der Waals surface area contributed by atoms with Gasteiger partial charge in [0.25, 0.3) is 5.91 Å². The first-order valence-corrected chi connectivity index (χ1v) is 8.14. The molecule has 0 saturated heterocycles. The van der Waals surface area contributed by atoms with E-state index in [1.165, 1.54) is 0 Å². The van der Waals surface area contributed by atoms with Crippen molar-refractivity contribution in [3.63, 3.8) is 0 Å². The minimum atomic E-state index is -0.144. The highest BCUT2D eigenvalue weighted by Crippen LogP contribution is 2.23. The quantitative estimate of drug-likeness (QED) is 0.706. The van der Waals surface area contributed by atoms with Gasteiger partial charge in [0.1, 0.15) is 17.9 Å². The van der Waals surface area contributed by atoms with Crippen molar-refractivity contribution in [1.29, 1.82) is 0 Å². The minimum absolute atomic E-state index is 0.144. The fourth-order valence-electron chi connectivity index (χ4n) is 3.11. The largest absolute Gasteiger partial charge is 0.489 e. The highest BCUT2D eigenvalue weighted by atomic mass is 16.5. The van der Waals surface area contributed by atoms with E-state index >= 15 is 0 Å². The van der Waals surface area contributed by atoms with E-state index in [1.807, 2.05) is 30.3 Å². The molecule has 0 saturated carbocycles. The summed E-state index contributed by atoms with van der Waals surface area (Å²) in [5.41, 5.74) is 3.51. The van der Waals surface area contributed by atoms with Crippen molar-refractivity contribution in [2.45, 2.75) is 19.3 Å². The number of hydrogen-bond donors (Lipinski definition) is 2. The average Bonchev–Trinajstić information content (AvgIpc) is 3.22. The Hall–Kier alpha value is -2.89. The number of para-hydroxylation sites is 1. The van der Waals surface area contributed by atoms with E-state index in [1.54, 1.807) is 6.20 Å². The maximum absolute atomic E-state index is 12.2. The second-order valence-corrected chi connectivity index (χ2v) is 5.82. The number of carbonyl (C=O) groups excluding carboxylic acids is 1. The Balaban J connectivity index is 1.35. The molecule has 0 radical (unpaired) electrons. The standard InChI is InChI=1S/C18H18N4O2/c23-18(17-13-6-2-7-14(13)21-22-17)20-10-11-24-15-8-1-4-12-5-3-9-19-16(12)15/h1,3-5,8-9H,2,6-7,10-11H2,(H,20,23)(H,21,22). The molecule has 3 aromatic rings. The molecule has 0 spiro atoms. The van der Waals surface area contributed by atoms with Crippen LogP contribution in [-0.4, -0.2) is 34.2 Å². The lowest BCUT2D eigenvalue weighted by atomic mass is 10.2. The first-order valence-electron chi connectivity index (χ1n) is 8.14. The van der Waals surface area contributed by atoms with Crippen LogP contribution in [0.2, 0.25) is 0 Å². The number of amides is 1. The van der Waals surface area contributed by atoms with Gasteiger partial charge in [-0.15, -0.1) is 0 Å². The molecule has 0 atom stereocenters. The maximum atomic E-state index is 12.2. The van der Waals surface area contributed by atoms with E-state index < -0.39 is 0 Å². The first-order chi connectivity index (χ1) is 11.8. The molecule has 24 heavy (non-hydrogen) atoms. The van der Waals surface area contributed by atoms with Crippen LogP contribution in [0.15, 0.2) is 36.5 Å². The number of H-pyrrole nitrogens is 1. The van der Waals surface area contributed by atoms with Crippen LogP contribution >= 0.6 is 0 Å². The zero-order chi connectivity index (χ0) is 16.4. The highest BCUT2D eigenvalue weighted by Gasteiger charge is 2.22. The Labute approximate surface area is 139 Å². The van der Waals surface area contributed by atoms with Crippen molar-refractivity contribution < 1.29 is 9.53 Å². The molecule has 0 fully saturated rings. The highest BCUT2D eigenvalue weighted by molar-refractivity contribution is 5.94. The van der Waals surface area contributed by atoms with Gasteiger partial charge in [0.2, 0.25) is 0 Å². The van der Waals surface area contributed by atoms with Crippen LogP contribution in [0.3, 0.4) is 0 Å². The molecule has 1 aliphatic carbocycles. The second-order valence-electron chi connectivity index (χ2n) is 5.82. The number of fused-ring (bicyclic) bond motifs is 2. The summed E-state index contributed by atoms with van der Waals surface area (Å²) < 4.78 is 5.77. The molecule has 4 rings (SSSR count). The molecule has 2 N–H and O–H groups in total. The molecule has 6 heteroatoms. The van der Waals surface area contributed by atoms with Crippen molar-refractivity contribution in [1.82, 2.24) is 20.5 Å². The minimum Gasteiger partial charge on any atom is -0.489 e. The second kappa shape index (κ2) is 6.31. The number of rotatable bonds is 5. The number of nitrogens with zero attached hydrogens (tertiary/aromatic N) is 2. The van der Waals surface area contributed by atoms with Crippen LogP contribution in [0.5, 0.6) is 5.75 Å². The van der Waals surface area contributed by atoms with Crippen LogP contribution in [-0.2, 0) is 12.8 Å². The third-order valence-corrected chi connectivity index (χ3v) is 4.26. The van der Waals surface area contributed by atoms with Gasteiger partial charge < -0.3 is 10.1 Å². The van der Waals surface area contributed by atoms with E-state index in [4.69, 9.17) is 4.74 Å². The summed E-state index contributed by atoms with van der Waals surface area (Å²) in [5, 5.41) is 11.0. The van der Waals surface area contributed by atoms with Gasteiger partial charge in [0, 0.05) is 22.8 Å². The Morgan fingerprint density at radius 3 is 3.12 bits per heavy atom. The summed E-state index contributed by atoms with van der Waals surface area (Å²) in [6, 6.07) is 9.71. The summed E-state index contributed by atoms with van der Waals surface area (Å²) in [6.07, 6.45) is 4.73. The van der Waals surface area contributed by atoms with Gasteiger partial charge in [-0.2, -0.15) is 5.10 Å². The number of benzene rings is 1. The Morgan fingerprint density at radius 1 is 1.25 bits per heavy atom. The topological polar surface area (TPSA) is 79.9 Å². The van der Waals surface area contributed by atoms with Crippen molar-refractivity contribution in [3.05, 3.63) is 53.5 Å². The summed E-state index contributed by atoms with van der Waals surface area (Å²) in [7, 11) is 0. The van der Waals surface area contributed by atoms with Crippen LogP contribution < -0.4 is 10.1 Å². The van der Waals surface area contributed by atoms with Crippen molar-refractivity contribution in [2.75, 3.05) is 13.2 Å². The predicted molar refractivity (Wildman–Crippen MR) is 90.2 cm³/mol. The number of aryl methyl sites for hydroxylation is 1. The lowest BCUT2D eigenvalue weighted by Crippen LogP contribution is -2.29. The lowest BCUT2D eigenvalue weighted by Gasteiger charge is -2.09. The van der Waals surface area contributed by atoms with Crippen molar-refractivity contribution >= 4 is 16.8 Å². The predicted octanol–water partition coefficient (Wildman–Crippen LogP) is 2.26. The molecule has 0 bridgehead atoms. The Kier molecular flexibility index (Phi) is 3.86. The maximum Gasteiger partial charge on any atom is 0.272 e. The number of pyridine rings is 1.